The van der Waals surface area contributed by atoms with Gasteiger partial charge in [-0.25, -0.2) is 5.84 Å². The SMILES string of the molecule is NNC(=O)c1cc(OCCOCCS)c(OCCOCCS)c(OCCOCCS)c1. The van der Waals surface area contributed by atoms with Gasteiger partial charge in [-0.05, 0) is 12.1 Å². The van der Waals surface area contributed by atoms with Crippen LogP contribution in [0.4, 0.5) is 0 Å². The fourth-order valence-electron chi connectivity index (χ4n) is 2.27. The van der Waals surface area contributed by atoms with Crippen molar-refractivity contribution < 1.29 is 33.2 Å². The highest BCUT2D eigenvalue weighted by Gasteiger charge is 2.19. The van der Waals surface area contributed by atoms with Crippen molar-refractivity contribution in [3.05, 3.63) is 17.7 Å². The highest BCUT2D eigenvalue weighted by atomic mass is 32.1. The number of carbonyl (C=O) groups is 1. The van der Waals surface area contributed by atoms with Crippen molar-refractivity contribution in [3.63, 3.8) is 0 Å². The summed E-state index contributed by atoms with van der Waals surface area (Å²) in [5, 5.41) is 0. The van der Waals surface area contributed by atoms with Gasteiger partial charge in [0.25, 0.3) is 5.91 Å². The van der Waals surface area contributed by atoms with Gasteiger partial charge >= 0.3 is 0 Å². The summed E-state index contributed by atoms with van der Waals surface area (Å²) >= 11 is 12.3. The molecule has 0 radical (unpaired) electrons. The van der Waals surface area contributed by atoms with Gasteiger partial charge in [0.15, 0.2) is 11.5 Å². The highest BCUT2D eigenvalue weighted by Crippen LogP contribution is 2.39. The number of nitrogens with one attached hydrogen (secondary N) is 1. The van der Waals surface area contributed by atoms with Crippen molar-refractivity contribution in [1.82, 2.24) is 5.43 Å². The standard InChI is InChI=1S/C19H32N2O7S3/c20-21-19(22)15-13-16(26-4-1-23-7-10-29)18(28-6-3-25-9-12-31)17(14-15)27-5-2-24-8-11-30/h13-14,29-31H,1-12,20H2,(H,21,22). The van der Waals surface area contributed by atoms with Gasteiger partial charge in [-0.2, -0.15) is 37.9 Å². The second kappa shape index (κ2) is 18.5. The van der Waals surface area contributed by atoms with Gasteiger partial charge in [0, 0.05) is 22.8 Å². The predicted octanol–water partition coefficient (Wildman–Crippen LogP) is 1.27. The van der Waals surface area contributed by atoms with E-state index in [4.69, 9.17) is 34.3 Å². The first kappa shape index (κ1) is 28.0. The second-order valence-corrected chi connectivity index (χ2v) is 7.17. The number of rotatable bonds is 19. The van der Waals surface area contributed by atoms with Gasteiger partial charge in [-0.15, -0.1) is 0 Å². The summed E-state index contributed by atoms with van der Waals surface area (Å²) in [4.78, 5) is 12.1. The molecule has 0 aliphatic heterocycles. The third-order valence-electron chi connectivity index (χ3n) is 3.57. The maximum atomic E-state index is 12.1. The molecule has 1 amide bonds. The quantitative estimate of drug-likeness (QED) is 0.0640. The summed E-state index contributed by atoms with van der Waals surface area (Å²) in [6.45, 7) is 3.36. The zero-order valence-corrected chi connectivity index (χ0v) is 20.1. The van der Waals surface area contributed by atoms with Crippen molar-refractivity contribution in [3.8, 4) is 17.2 Å². The van der Waals surface area contributed by atoms with Gasteiger partial charge in [0.2, 0.25) is 5.75 Å². The van der Waals surface area contributed by atoms with Crippen LogP contribution in [-0.2, 0) is 14.2 Å². The van der Waals surface area contributed by atoms with Gasteiger partial charge in [0.1, 0.15) is 19.8 Å². The zero-order valence-electron chi connectivity index (χ0n) is 17.4. The molecule has 178 valence electrons. The molecule has 0 bridgehead atoms. The number of thiol groups is 3. The minimum atomic E-state index is -0.490. The van der Waals surface area contributed by atoms with Crippen molar-refractivity contribution in [1.29, 1.82) is 0 Å². The Morgan fingerprint density at radius 1 is 0.710 bits per heavy atom. The molecule has 0 saturated heterocycles. The van der Waals surface area contributed by atoms with Crippen LogP contribution in [0.2, 0.25) is 0 Å². The van der Waals surface area contributed by atoms with E-state index < -0.39 is 5.91 Å². The van der Waals surface area contributed by atoms with E-state index in [9.17, 15) is 4.79 Å². The van der Waals surface area contributed by atoms with Crippen molar-refractivity contribution in [2.24, 2.45) is 5.84 Å². The minimum Gasteiger partial charge on any atom is -0.487 e. The van der Waals surface area contributed by atoms with Crippen molar-refractivity contribution in [2.75, 3.05) is 76.7 Å². The van der Waals surface area contributed by atoms with E-state index in [1.165, 1.54) is 12.1 Å². The lowest BCUT2D eigenvalue weighted by molar-refractivity contribution is 0.0930. The van der Waals surface area contributed by atoms with Gasteiger partial charge < -0.3 is 28.4 Å². The van der Waals surface area contributed by atoms with Crippen LogP contribution < -0.4 is 25.5 Å². The monoisotopic (exact) mass is 496 g/mol. The lowest BCUT2D eigenvalue weighted by atomic mass is 10.1. The Morgan fingerprint density at radius 3 is 1.52 bits per heavy atom. The maximum absolute atomic E-state index is 12.1. The molecule has 9 nitrogen and oxygen atoms in total. The summed E-state index contributed by atoms with van der Waals surface area (Å²) in [5.74, 6) is 7.65. The minimum absolute atomic E-state index is 0.248. The average molecular weight is 497 g/mol. The molecule has 12 heteroatoms. The summed E-state index contributed by atoms with van der Waals surface area (Å²) in [5.41, 5.74) is 2.37. The Kier molecular flexibility index (Phi) is 16.8. The summed E-state index contributed by atoms with van der Waals surface area (Å²) in [7, 11) is 0. The lowest BCUT2D eigenvalue weighted by Crippen LogP contribution is -2.30. The van der Waals surface area contributed by atoms with E-state index in [-0.39, 0.29) is 25.4 Å². The van der Waals surface area contributed by atoms with Gasteiger partial charge in [-0.3, -0.25) is 10.2 Å². The first-order valence-electron chi connectivity index (χ1n) is 9.81. The molecule has 0 aliphatic carbocycles. The third kappa shape index (κ3) is 12.0. The molecule has 0 aliphatic rings. The van der Waals surface area contributed by atoms with Crippen LogP contribution in [0.3, 0.4) is 0 Å². The first-order valence-corrected chi connectivity index (χ1v) is 11.7. The van der Waals surface area contributed by atoms with Gasteiger partial charge in [0.05, 0.1) is 39.6 Å². The van der Waals surface area contributed by atoms with Crippen LogP contribution in [0.15, 0.2) is 12.1 Å². The van der Waals surface area contributed by atoms with Crippen LogP contribution in [0, 0.1) is 0 Å². The molecule has 0 atom stereocenters. The number of benzene rings is 1. The summed E-state index contributed by atoms with van der Waals surface area (Å²) in [6.07, 6.45) is 0. The zero-order chi connectivity index (χ0) is 22.7. The normalized spacial score (nSPS) is 10.7. The number of nitrogens with two attached hydrogens (primary N) is 1. The number of hydrazine groups is 1. The average Bonchev–Trinajstić information content (AvgIpc) is 2.78. The van der Waals surface area contributed by atoms with E-state index in [0.717, 1.165) is 0 Å². The molecule has 1 rings (SSSR count). The van der Waals surface area contributed by atoms with E-state index in [2.05, 4.69) is 43.3 Å². The topological polar surface area (TPSA) is 111 Å². The maximum Gasteiger partial charge on any atom is 0.265 e. The molecule has 0 spiro atoms. The third-order valence-corrected chi connectivity index (χ3v) is 4.11. The molecule has 0 fully saturated rings. The van der Waals surface area contributed by atoms with Crippen molar-refractivity contribution >= 4 is 43.8 Å². The van der Waals surface area contributed by atoms with E-state index in [1.54, 1.807) is 0 Å². The molecule has 0 saturated carbocycles. The lowest BCUT2D eigenvalue weighted by Gasteiger charge is -2.18. The van der Waals surface area contributed by atoms with Crippen LogP contribution in [0.1, 0.15) is 10.4 Å². The fourth-order valence-corrected chi connectivity index (χ4v) is 2.66. The number of nitrogen functional groups attached to an aromatic ring is 1. The molecular weight excluding hydrogens is 464 g/mol. The van der Waals surface area contributed by atoms with E-state index in [0.29, 0.717) is 74.1 Å². The van der Waals surface area contributed by atoms with Gasteiger partial charge in [-0.1, -0.05) is 0 Å². The Hall–Kier alpha value is -1.02. The first-order chi connectivity index (χ1) is 15.2. The largest absolute Gasteiger partial charge is 0.487 e. The van der Waals surface area contributed by atoms with E-state index >= 15 is 0 Å². The fraction of sp³-hybridized carbons (Fsp3) is 0.632. The summed E-state index contributed by atoms with van der Waals surface area (Å²) in [6, 6.07) is 3.07. The Morgan fingerprint density at radius 2 is 1.13 bits per heavy atom. The Labute approximate surface area is 199 Å². The smallest absolute Gasteiger partial charge is 0.265 e. The van der Waals surface area contributed by atoms with Crippen molar-refractivity contribution in [2.45, 2.75) is 0 Å². The van der Waals surface area contributed by atoms with Crippen LogP contribution >= 0.6 is 37.9 Å². The predicted molar refractivity (Wildman–Crippen MR) is 129 cm³/mol. The molecule has 0 aromatic heterocycles. The summed E-state index contributed by atoms with van der Waals surface area (Å²) < 4.78 is 33.6. The molecule has 0 heterocycles. The molecule has 0 unspecified atom stereocenters. The van der Waals surface area contributed by atoms with Crippen LogP contribution in [0.5, 0.6) is 17.2 Å². The second-order valence-electron chi connectivity index (χ2n) is 5.83. The Bertz CT molecular complexity index is 591. The molecule has 31 heavy (non-hydrogen) atoms. The number of amides is 1. The Balaban J connectivity index is 2.98. The molecule has 1 aromatic carbocycles. The number of ether oxygens (including phenoxy) is 6. The molecule has 1 aromatic rings. The number of hydrogen-bond donors (Lipinski definition) is 5. The van der Waals surface area contributed by atoms with Crippen LogP contribution in [-0.4, -0.2) is 82.6 Å². The molecule has 3 N–H and O–H groups in total. The number of carbonyl (C=O) groups excluding carboxylic acids is 1. The molecular formula is C19H32N2O7S3. The highest BCUT2D eigenvalue weighted by molar-refractivity contribution is 7.80. The van der Waals surface area contributed by atoms with E-state index in [1.807, 2.05) is 0 Å². The number of hydrogen-bond acceptors (Lipinski definition) is 11. The van der Waals surface area contributed by atoms with Crippen LogP contribution in [0.25, 0.3) is 0 Å².